The van der Waals surface area contributed by atoms with Gasteiger partial charge in [-0.2, -0.15) is 0 Å². The molecule has 1 atom stereocenters. The number of nitrogens with zero attached hydrogens (tertiary/aromatic N) is 2. The molecule has 2 aromatic heterocycles. The lowest BCUT2D eigenvalue weighted by Crippen LogP contribution is -2.39. The minimum atomic E-state index is -0.647. The third-order valence-electron chi connectivity index (χ3n) is 3.61. The van der Waals surface area contributed by atoms with E-state index in [0.29, 0.717) is 17.5 Å². The molecular formula is C15H20BrFN4O. The first-order valence-electron chi connectivity index (χ1n) is 7.19. The Kier molecular flexibility index (Phi) is 5.18. The number of aromatic nitrogens is 2. The van der Waals surface area contributed by atoms with Crippen molar-refractivity contribution in [2.45, 2.75) is 38.6 Å². The second kappa shape index (κ2) is 6.75. The molecule has 0 radical (unpaired) electrons. The van der Waals surface area contributed by atoms with Gasteiger partial charge >= 0.3 is 0 Å². The van der Waals surface area contributed by atoms with Gasteiger partial charge in [0.2, 0.25) is 0 Å². The highest BCUT2D eigenvalue weighted by Gasteiger charge is 2.26. The predicted octanol–water partition coefficient (Wildman–Crippen LogP) is 3.47. The largest absolute Gasteiger partial charge is 0.394 e. The molecule has 0 spiro atoms. The lowest BCUT2D eigenvalue weighted by molar-refractivity contribution is 0.212. The van der Waals surface area contributed by atoms with Crippen molar-refractivity contribution in [3.05, 3.63) is 22.6 Å². The van der Waals surface area contributed by atoms with Gasteiger partial charge in [0.25, 0.3) is 0 Å². The van der Waals surface area contributed by atoms with Crippen molar-refractivity contribution < 1.29 is 9.50 Å². The van der Waals surface area contributed by atoms with Gasteiger partial charge in [0.05, 0.1) is 17.7 Å². The highest BCUT2D eigenvalue weighted by Crippen LogP contribution is 2.31. The van der Waals surface area contributed by atoms with E-state index in [2.05, 4.69) is 38.1 Å². The summed E-state index contributed by atoms with van der Waals surface area (Å²) in [5.41, 5.74) is 6.09. The number of nitrogen functional groups attached to an aromatic ring is 1. The van der Waals surface area contributed by atoms with Crippen LogP contribution in [-0.2, 0) is 0 Å². The first kappa shape index (κ1) is 16.9. The molecule has 0 bridgehead atoms. The molecule has 2 aromatic rings. The third-order valence-corrected chi connectivity index (χ3v) is 4.05. The summed E-state index contributed by atoms with van der Waals surface area (Å²) < 4.78 is 15.2. The van der Waals surface area contributed by atoms with E-state index in [1.807, 2.05) is 6.92 Å². The van der Waals surface area contributed by atoms with Gasteiger partial charge in [-0.3, -0.25) is 4.98 Å². The number of halogens is 2. The van der Waals surface area contributed by atoms with Gasteiger partial charge in [-0.1, -0.05) is 19.8 Å². The van der Waals surface area contributed by atoms with E-state index < -0.39 is 11.4 Å². The minimum absolute atomic E-state index is 0.118. The van der Waals surface area contributed by atoms with E-state index in [0.717, 1.165) is 17.3 Å². The highest BCUT2D eigenvalue weighted by molar-refractivity contribution is 9.10. The van der Waals surface area contributed by atoms with Crippen molar-refractivity contribution in [1.82, 2.24) is 9.97 Å². The molecule has 0 aromatic carbocycles. The lowest BCUT2D eigenvalue weighted by atomic mass is 9.95. The molecule has 0 unspecified atom stereocenters. The number of pyridine rings is 2. The Morgan fingerprint density at radius 2 is 2.23 bits per heavy atom. The van der Waals surface area contributed by atoms with E-state index in [9.17, 15) is 9.50 Å². The van der Waals surface area contributed by atoms with Crippen molar-refractivity contribution in [2.24, 2.45) is 0 Å². The number of nitrogens with two attached hydrogens (primary N) is 1. The maximum atomic E-state index is 14.4. The normalized spacial score (nSPS) is 14.0. The van der Waals surface area contributed by atoms with Crippen LogP contribution in [0.2, 0.25) is 0 Å². The third kappa shape index (κ3) is 3.47. The molecule has 0 fully saturated rings. The molecule has 2 rings (SSSR count). The molecular weight excluding hydrogens is 351 g/mol. The average molecular weight is 371 g/mol. The van der Waals surface area contributed by atoms with Crippen LogP contribution in [0.1, 0.15) is 33.1 Å². The molecule has 0 aliphatic heterocycles. The quantitative estimate of drug-likeness (QED) is 0.724. The molecule has 7 heteroatoms. The van der Waals surface area contributed by atoms with E-state index in [-0.39, 0.29) is 18.1 Å². The Morgan fingerprint density at radius 1 is 1.50 bits per heavy atom. The van der Waals surface area contributed by atoms with Crippen LogP contribution in [0.4, 0.5) is 15.9 Å². The topological polar surface area (TPSA) is 84.1 Å². The number of aliphatic hydroxyl groups is 1. The van der Waals surface area contributed by atoms with Crippen LogP contribution < -0.4 is 11.1 Å². The second-order valence-electron chi connectivity index (χ2n) is 5.65. The molecule has 4 N–H and O–H groups in total. The van der Waals surface area contributed by atoms with E-state index in [4.69, 9.17) is 5.73 Å². The summed E-state index contributed by atoms with van der Waals surface area (Å²) in [6.45, 7) is 3.80. The van der Waals surface area contributed by atoms with Gasteiger partial charge in [-0.05, 0) is 35.3 Å². The predicted molar refractivity (Wildman–Crippen MR) is 90.2 cm³/mol. The van der Waals surface area contributed by atoms with Crippen LogP contribution in [0.15, 0.2) is 16.7 Å². The molecule has 0 aliphatic carbocycles. The van der Waals surface area contributed by atoms with Gasteiger partial charge in [0.15, 0.2) is 11.6 Å². The Balaban J connectivity index is 2.51. The fraction of sp³-hybridized carbons (Fsp3) is 0.467. The Morgan fingerprint density at radius 3 is 2.86 bits per heavy atom. The average Bonchev–Trinajstić information content (AvgIpc) is 2.49. The van der Waals surface area contributed by atoms with E-state index in [1.165, 1.54) is 0 Å². The number of unbranched alkanes of at least 4 members (excludes halogenated alkanes) is 1. The first-order valence-corrected chi connectivity index (χ1v) is 7.99. The number of rotatable bonds is 6. The fourth-order valence-corrected chi connectivity index (χ4v) is 2.60. The van der Waals surface area contributed by atoms with Crippen LogP contribution >= 0.6 is 15.9 Å². The smallest absolute Gasteiger partial charge is 0.190 e. The molecule has 0 saturated carbocycles. The summed E-state index contributed by atoms with van der Waals surface area (Å²) in [7, 11) is 0. The molecule has 120 valence electrons. The van der Waals surface area contributed by atoms with Crippen molar-refractivity contribution in [3.63, 3.8) is 0 Å². The zero-order chi connectivity index (χ0) is 16.3. The fourth-order valence-electron chi connectivity index (χ4n) is 2.28. The number of anilines is 2. The molecule has 2 heterocycles. The minimum Gasteiger partial charge on any atom is -0.394 e. The van der Waals surface area contributed by atoms with Gasteiger partial charge < -0.3 is 16.2 Å². The Labute approximate surface area is 137 Å². The zero-order valence-corrected chi connectivity index (χ0v) is 14.2. The van der Waals surface area contributed by atoms with Gasteiger partial charge in [-0.25, -0.2) is 9.37 Å². The first-order chi connectivity index (χ1) is 10.4. The summed E-state index contributed by atoms with van der Waals surface area (Å²) in [5, 5.41) is 12.8. The van der Waals surface area contributed by atoms with Crippen LogP contribution in [0, 0.1) is 5.82 Å². The Hall–Kier alpha value is -1.47. The molecule has 5 nitrogen and oxygen atoms in total. The van der Waals surface area contributed by atoms with Crippen molar-refractivity contribution in [1.29, 1.82) is 0 Å². The monoisotopic (exact) mass is 370 g/mol. The zero-order valence-electron chi connectivity index (χ0n) is 12.7. The van der Waals surface area contributed by atoms with E-state index >= 15 is 0 Å². The van der Waals surface area contributed by atoms with Gasteiger partial charge in [0.1, 0.15) is 11.2 Å². The van der Waals surface area contributed by atoms with Crippen LogP contribution in [-0.4, -0.2) is 27.2 Å². The Bertz CT molecular complexity index is 682. The number of hydrogen-bond donors (Lipinski definition) is 3. The van der Waals surface area contributed by atoms with Gasteiger partial charge in [-0.15, -0.1) is 0 Å². The van der Waals surface area contributed by atoms with Crippen LogP contribution in [0.25, 0.3) is 11.0 Å². The standard InChI is InChI=1S/C15H20BrFN4O/c1-3-4-5-15(2,8-22)21-13-11(17)14(18)20-10-6-9(16)7-19-12(10)13/h6-7,22H,3-5,8H2,1-2H3,(H3,18,20,21)/t15-/m1/s1. The summed E-state index contributed by atoms with van der Waals surface area (Å²) in [4.78, 5) is 8.25. The summed E-state index contributed by atoms with van der Waals surface area (Å²) in [6.07, 6.45) is 4.19. The second-order valence-corrected chi connectivity index (χ2v) is 6.57. The molecule has 22 heavy (non-hydrogen) atoms. The van der Waals surface area contributed by atoms with Crippen molar-refractivity contribution >= 4 is 38.5 Å². The summed E-state index contributed by atoms with van der Waals surface area (Å²) in [6, 6.07) is 1.73. The summed E-state index contributed by atoms with van der Waals surface area (Å²) in [5.74, 6) is -0.829. The van der Waals surface area contributed by atoms with Gasteiger partial charge in [0, 0.05) is 10.7 Å². The molecule has 0 aliphatic rings. The number of nitrogens with one attached hydrogen (secondary N) is 1. The van der Waals surface area contributed by atoms with Crippen LogP contribution in [0.3, 0.4) is 0 Å². The number of hydrogen-bond acceptors (Lipinski definition) is 5. The maximum Gasteiger partial charge on any atom is 0.190 e. The van der Waals surface area contributed by atoms with Crippen molar-refractivity contribution in [3.8, 4) is 0 Å². The van der Waals surface area contributed by atoms with E-state index in [1.54, 1.807) is 12.3 Å². The lowest BCUT2D eigenvalue weighted by Gasteiger charge is -2.30. The summed E-state index contributed by atoms with van der Waals surface area (Å²) >= 11 is 3.31. The maximum absolute atomic E-state index is 14.4. The van der Waals surface area contributed by atoms with Crippen LogP contribution in [0.5, 0.6) is 0 Å². The molecule has 0 amide bonds. The SMILES string of the molecule is CCCC[C@](C)(CO)Nc1c(F)c(N)nc2cc(Br)cnc12. The van der Waals surface area contributed by atoms with Crippen molar-refractivity contribution in [2.75, 3.05) is 17.7 Å². The molecule has 0 saturated heterocycles. The number of fused-ring (bicyclic) bond motifs is 1. The highest BCUT2D eigenvalue weighted by atomic mass is 79.9. The number of aliphatic hydroxyl groups excluding tert-OH is 1.